The molecule has 4 rings (SSSR count). The average molecular weight is 421 g/mol. The van der Waals surface area contributed by atoms with Crippen molar-refractivity contribution in [2.24, 2.45) is 7.05 Å². The first-order chi connectivity index (χ1) is 14.6. The third-order valence-corrected chi connectivity index (χ3v) is 6.87. The quantitative estimate of drug-likeness (QED) is 0.564. The lowest BCUT2D eigenvalue weighted by Gasteiger charge is -2.38. The van der Waals surface area contributed by atoms with Gasteiger partial charge in [0.15, 0.2) is 5.16 Å². The number of carbonyl (C=O) groups excluding carboxylic acids is 1. The van der Waals surface area contributed by atoms with Crippen LogP contribution in [0.2, 0.25) is 0 Å². The van der Waals surface area contributed by atoms with Crippen LogP contribution in [-0.2, 0) is 11.8 Å². The van der Waals surface area contributed by atoms with Gasteiger partial charge in [0.1, 0.15) is 0 Å². The molecule has 1 aliphatic rings. The minimum absolute atomic E-state index is 0.191. The van der Waals surface area contributed by atoms with E-state index in [4.69, 9.17) is 0 Å². The molecule has 0 unspecified atom stereocenters. The summed E-state index contributed by atoms with van der Waals surface area (Å²) in [6.07, 6.45) is 1.88. The molecule has 30 heavy (non-hydrogen) atoms. The second-order valence-corrected chi connectivity index (χ2v) is 8.59. The maximum Gasteiger partial charge on any atom is 0.233 e. The third kappa shape index (κ3) is 4.60. The minimum atomic E-state index is 0.191. The van der Waals surface area contributed by atoms with E-state index in [1.807, 2.05) is 36.3 Å². The fraction of sp³-hybridized carbons (Fsp3) is 0.333. The van der Waals surface area contributed by atoms with Crippen molar-refractivity contribution in [3.8, 4) is 11.3 Å². The molecule has 5 nitrogen and oxygen atoms in total. The number of carbonyl (C=O) groups is 1. The molecule has 1 atom stereocenters. The number of hydrogen-bond acceptors (Lipinski definition) is 4. The summed E-state index contributed by atoms with van der Waals surface area (Å²) >= 11 is 1.52. The van der Waals surface area contributed by atoms with Gasteiger partial charge in [0.25, 0.3) is 0 Å². The molecule has 0 spiro atoms. The number of imidazole rings is 1. The zero-order chi connectivity index (χ0) is 20.9. The lowest BCUT2D eigenvalue weighted by Crippen LogP contribution is -2.49. The van der Waals surface area contributed by atoms with Crippen LogP contribution in [0.1, 0.15) is 18.5 Å². The van der Waals surface area contributed by atoms with Gasteiger partial charge < -0.3 is 9.47 Å². The third-order valence-electron chi connectivity index (χ3n) is 5.84. The predicted molar refractivity (Wildman–Crippen MR) is 122 cm³/mol. The molecule has 156 valence electrons. The van der Waals surface area contributed by atoms with Crippen molar-refractivity contribution < 1.29 is 4.79 Å². The van der Waals surface area contributed by atoms with Gasteiger partial charge in [-0.05, 0) is 18.1 Å². The molecule has 1 fully saturated rings. The van der Waals surface area contributed by atoms with E-state index in [1.54, 1.807) is 0 Å². The predicted octanol–water partition coefficient (Wildman–Crippen LogP) is 4.08. The van der Waals surface area contributed by atoms with Crippen LogP contribution in [0.5, 0.6) is 0 Å². The van der Waals surface area contributed by atoms with Crippen LogP contribution in [0.4, 0.5) is 0 Å². The molecule has 2 heterocycles. The summed E-state index contributed by atoms with van der Waals surface area (Å²) in [6.45, 7) is 5.63. The molecule has 6 heteroatoms. The Morgan fingerprint density at radius 3 is 2.30 bits per heavy atom. The van der Waals surface area contributed by atoms with Gasteiger partial charge in [-0.2, -0.15) is 0 Å². The van der Waals surface area contributed by atoms with E-state index in [0.29, 0.717) is 11.8 Å². The highest BCUT2D eigenvalue weighted by Gasteiger charge is 2.25. The monoisotopic (exact) mass is 420 g/mol. The molecular formula is C24H28N4OS. The van der Waals surface area contributed by atoms with Crippen LogP contribution in [-0.4, -0.2) is 57.2 Å². The van der Waals surface area contributed by atoms with Gasteiger partial charge in [-0.3, -0.25) is 9.69 Å². The van der Waals surface area contributed by atoms with Crippen molar-refractivity contribution in [1.29, 1.82) is 0 Å². The van der Waals surface area contributed by atoms with E-state index in [9.17, 15) is 4.79 Å². The SMILES string of the molecule is C[C@H](c1ccccc1)N1CCN(C(=O)CSc2ncc(-c3ccccc3)n2C)CC1. The summed E-state index contributed by atoms with van der Waals surface area (Å²) < 4.78 is 2.06. The Morgan fingerprint density at radius 1 is 1.00 bits per heavy atom. The number of piperazine rings is 1. The smallest absolute Gasteiger partial charge is 0.233 e. The Balaban J connectivity index is 1.29. The van der Waals surface area contributed by atoms with Crippen molar-refractivity contribution in [2.45, 2.75) is 18.1 Å². The van der Waals surface area contributed by atoms with Gasteiger partial charge in [-0.1, -0.05) is 72.4 Å². The lowest BCUT2D eigenvalue weighted by molar-refractivity contribution is -0.130. The normalized spacial score (nSPS) is 15.9. The fourth-order valence-electron chi connectivity index (χ4n) is 3.92. The van der Waals surface area contributed by atoms with E-state index in [2.05, 4.69) is 63.8 Å². The minimum Gasteiger partial charge on any atom is -0.339 e. The Kier molecular flexibility index (Phi) is 6.55. The van der Waals surface area contributed by atoms with E-state index in [1.165, 1.54) is 17.3 Å². The Hall–Kier alpha value is -2.57. The number of rotatable bonds is 6. The van der Waals surface area contributed by atoms with Crippen molar-refractivity contribution >= 4 is 17.7 Å². The number of aromatic nitrogens is 2. The van der Waals surface area contributed by atoms with Gasteiger partial charge in [0, 0.05) is 39.3 Å². The summed E-state index contributed by atoms with van der Waals surface area (Å²) in [4.78, 5) is 21.7. The average Bonchev–Trinajstić information content (AvgIpc) is 3.18. The van der Waals surface area contributed by atoms with Crippen LogP contribution in [0, 0.1) is 0 Å². The van der Waals surface area contributed by atoms with E-state index in [-0.39, 0.29) is 5.91 Å². The summed E-state index contributed by atoms with van der Waals surface area (Å²) in [5.41, 5.74) is 3.53. The molecule has 0 N–H and O–H groups in total. The summed E-state index contributed by atoms with van der Waals surface area (Å²) in [5, 5.41) is 0.874. The molecule has 3 aromatic rings. The largest absolute Gasteiger partial charge is 0.339 e. The molecule has 2 aromatic carbocycles. The molecule has 0 saturated carbocycles. The van der Waals surface area contributed by atoms with Gasteiger partial charge >= 0.3 is 0 Å². The maximum atomic E-state index is 12.8. The highest BCUT2D eigenvalue weighted by atomic mass is 32.2. The molecule has 1 amide bonds. The van der Waals surface area contributed by atoms with Crippen LogP contribution >= 0.6 is 11.8 Å². The molecule has 0 aliphatic carbocycles. The molecule has 1 aliphatic heterocycles. The van der Waals surface area contributed by atoms with Gasteiger partial charge in [0.05, 0.1) is 17.6 Å². The first-order valence-electron chi connectivity index (χ1n) is 10.4. The molecule has 0 radical (unpaired) electrons. The van der Waals surface area contributed by atoms with E-state index < -0.39 is 0 Å². The second kappa shape index (κ2) is 9.49. The maximum absolute atomic E-state index is 12.8. The standard InChI is InChI=1S/C24H28N4OS/c1-19(20-9-5-3-6-10-20)27-13-15-28(16-14-27)23(29)18-30-24-25-17-22(26(24)2)21-11-7-4-8-12-21/h3-12,17,19H,13-16,18H2,1-2H3/t19-/m1/s1. The highest BCUT2D eigenvalue weighted by Crippen LogP contribution is 2.25. The van der Waals surface area contributed by atoms with Gasteiger partial charge in [-0.25, -0.2) is 4.98 Å². The summed E-state index contributed by atoms with van der Waals surface area (Å²) in [5.74, 6) is 0.615. The Bertz CT molecular complexity index is 965. The lowest BCUT2D eigenvalue weighted by atomic mass is 10.1. The first kappa shape index (κ1) is 20.7. The van der Waals surface area contributed by atoms with Crippen molar-refractivity contribution in [3.63, 3.8) is 0 Å². The van der Waals surface area contributed by atoms with Crippen molar-refractivity contribution in [1.82, 2.24) is 19.4 Å². The molecular weight excluding hydrogens is 392 g/mol. The van der Waals surface area contributed by atoms with Crippen LogP contribution in [0.15, 0.2) is 72.0 Å². The number of amides is 1. The van der Waals surface area contributed by atoms with Gasteiger partial charge in [-0.15, -0.1) is 0 Å². The zero-order valence-electron chi connectivity index (χ0n) is 17.6. The number of benzene rings is 2. The summed E-state index contributed by atoms with van der Waals surface area (Å²) in [6, 6.07) is 21.2. The van der Waals surface area contributed by atoms with E-state index in [0.717, 1.165) is 42.6 Å². The highest BCUT2D eigenvalue weighted by molar-refractivity contribution is 7.99. The number of thioether (sulfide) groups is 1. The number of nitrogens with zero attached hydrogens (tertiary/aromatic N) is 4. The van der Waals surface area contributed by atoms with Crippen molar-refractivity contribution in [3.05, 3.63) is 72.4 Å². The second-order valence-electron chi connectivity index (χ2n) is 7.64. The summed E-state index contributed by atoms with van der Waals surface area (Å²) in [7, 11) is 2.01. The fourth-order valence-corrected chi connectivity index (χ4v) is 4.78. The van der Waals surface area contributed by atoms with Crippen LogP contribution in [0.3, 0.4) is 0 Å². The van der Waals surface area contributed by atoms with Crippen molar-refractivity contribution in [2.75, 3.05) is 31.9 Å². The molecule has 0 bridgehead atoms. The Morgan fingerprint density at radius 2 is 1.63 bits per heavy atom. The first-order valence-corrected chi connectivity index (χ1v) is 11.4. The van der Waals surface area contributed by atoms with Crippen LogP contribution < -0.4 is 0 Å². The van der Waals surface area contributed by atoms with Gasteiger partial charge in [0.2, 0.25) is 5.91 Å². The topological polar surface area (TPSA) is 41.4 Å². The molecule has 1 saturated heterocycles. The Labute approximate surface area is 182 Å². The molecule has 1 aromatic heterocycles. The van der Waals surface area contributed by atoms with Crippen LogP contribution in [0.25, 0.3) is 11.3 Å². The zero-order valence-corrected chi connectivity index (χ0v) is 18.4. The van der Waals surface area contributed by atoms with E-state index >= 15 is 0 Å². The number of hydrogen-bond donors (Lipinski definition) is 0.